The molecule has 2 saturated heterocycles. The van der Waals surface area contributed by atoms with Crippen molar-refractivity contribution < 1.29 is 59.1 Å². The topological polar surface area (TPSA) is 197 Å². The van der Waals surface area contributed by atoms with E-state index < -0.39 is 73.4 Å². The van der Waals surface area contributed by atoms with Crippen molar-refractivity contribution in [2.45, 2.75) is 50.0 Å². The van der Waals surface area contributed by atoms with Crippen LogP contribution >= 0.6 is 0 Å². The fraction of sp³-hybridized carbons (Fsp3) is 0.800. The van der Waals surface area contributed by atoms with Crippen LogP contribution in [-0.2, 0) is 33.3 Å². The van der Waals surface area contributed by atoms with E-state index in [9.17, 15) is 34.9 Å². The molecule has 13 heteroatoms. The fourth-order valence-corrected chi connectivity index (χ4v) is 2.72. The molecule has 0 aromatic heterocycles. The molecule has 2 rings (SSSR count). The fourth-order valence-electron chi connectivity index (χ4n) is 2.72. The predicted octanol–water partition coefficient (Wildman–Crippen LogP) is -4.00. The molecule has 7 atom stereocenters. The lowest BCUT2D eigenvalue weighted by molar-refractivity contribution is -1.05. The molecule has 13 nitrogen and oxygen atoms in total. The molecule has 2 aliphatic rings. The first-order valence-electron chi connectivity index (χ1n) is 8.59. The second kappa shape index (κ2) is 10.1. The van der Waals surface area contributed by atoms with E-state index in [0.717, 1.165) is 0 Å². The maximum Gasteiger partial charge on any atom is 0.311 e. The maximum atomic E-state index is 12.0. The second-order valence-corrected chi connectivity index (χ2v) is 6.54. The SMILES string of the molecule is O=C(CC[NH+]([O-])O)OCC1OC(OC(=O)CC2COC(=O)C2)C(O)C(O)C1O. The molecular weight excluding hydrogens is 386 g/mol. The van der Waals surface area contributed by atoms with Gasteiger partial charge in [-0.25, -0.2) is 10.4 Å². The van der Waals surface area contributed by atoms with E-state index in [0.29, 0.717) is 0 Å². The Kier molecular flexibility index (Phi) is 8.06. The Balaban J connectivity index is 1.85. The highest BCUT2D eigenvalue weighted by Crippen LogP contribution is 2.24. The first-order valence-corrected chi connectivity index (χ1v) is 8.59. The number of hydrogen-bond acceptors (Lipinski definition) is 12. The van der Waals surface area contributed by atoms with Gasteiger partial charge in [-0.3, -0.25) is 14.4 Å². The van der Waals surface area contributed by atoms with Gasteiger partial charge in [0.05, 0.1) is 25.9 Å². The van der Waals surface area contributed by atoms with Crippen molar-refractivity contribution in [3.8, 4) is 0 Å². The van der Waals surface area contributed by atoms with Gasteiger partial charge in [0.2, 0.25) is 6.29 Å². The molecule has 0 bridgehead atoms. The molecule has 2 fully saturated rings. The molecule has 0 radical (unpaired) electrons. The number of nitrogens with one attached hydrogen (secondary N) is 1. The third-order valence-electron chi connectivity index (χ3n) is 4.26. The Hall–Kier alpha value is -1.87. The van der Waals surface area contributed by atoms with Crippen LogP contribution in [0, 0.1) is 11.1 Å². The maximum absolute atomic E-state index is 12.0. The number of cyclic esters (lactones) is 1. The molecule has 0 spiro atoms. The Labute approximate surface area is 158 Å². The average Bonchev–Trinajstić information content (AvgIpc) is 3.03. The monoisotopic (exact) mass is 409 g/mol. The highest BCUT2D eigenvalue weighted by atomic mass is 16.8. The van der Waals surface area contributed by atoms with Crippen LogP contribution in [0.15, 0.2) is 0 Å². The van der Waals surface area contributed by atoms with E-state index in [-0.39, 0.29) is 25.4 Å². The lowest BCUT2D eigenvalue weighted by atomic mass is 9.99. The molecule has 0 aromatic rings. The lowest BCUT2D eigenvalue weighted by Gasteiger charge is -2.39. The summed E-state index contributed by atoms with van der Waals surface area (Å²) in [7, 11) is 0. The molecule has 5 N–H and O–H groups in total. The first kappa shape index (κ1) is 22.4. The van der Waals surface area contributed by atoms with Gasteiger partial charge in [0, 0.05) is 5.92 Å². The smallest absolute Gasteiger partial charge is 0.311 e. The van der Waals surface area contributed by atoms with Gasteiger partial charge in [-0.05, 0) is 0 Å². The van der Waals surface area contributed by atoms with E-state index in [2.05, 4.69) is 0 Å². The van der Waals surface area contributed by atoms with Gasteiger partial charge in [0.1, 0.15) is 37.6 Å². The summed E-state index contributed by atoms with van der Waals surface area (Å²) in [4.78, 5) is 34.5. The number of rotatable bonds is 8. The third kappa shape index (κ3) is 6.34. The summed E-state index contributed by atoms with van der Waals surface area (Å²) in [5.41, 5.74) is 0. The minimum absolute atomic E-state index is 0.0550. The Morgan fingerprint density at radius 1 is 1.18 bits per heavy atom. The van der Waals surface area contributed by atoms with Crippen molar-refractivity contribution in [2.24, 2.45) is 5.92 Å². The summed E-state index contributed by atoms with van der Waals surface area (Å²) >= 11 is 0. The van der Waals surface area contributed by atoms with Crippen molar-refractivity contribution in [3.63, 3.8) is 0 Å². The molecule has 2 heterocycles. The van der Waals surface area contributed by atoms with E-state index in [4.69, 9.17) is 24.2 Å². The first-order chi connectivity index (χ1) is 13.2. The number of ether oxygens (including phenoxy) is 4. The van der Waals surface area contributed by atoms with Gasteiger partial charge < -0.3 is 39.5 Å². The van der Waals surface area contributed by atoms with Crippen LogP contribution in [0.3, 0.4) is 0 Å². The van der Waals surface area contributed by atoms with Crippen molar-refractivity contribution in [2.75, 3.05) is 19.8 Å². The van der Waals surface area contributed by atoms with Crippen molar-refractivity contribution >= 4 is 17.9 Å². The quantitative estimate of drug-likeness (QED) is 0.148. The number of aliphatic hydroxyl groups is 3. The Morgan fingerprint density at radius 3 is 2.50 bits per heavy atom. The molecule has 0 aliphatic carbocycles. The van der Waals surface area contributed by atoms with Gasteiger partial charge in [-0.1, -0.05) is 0 Å². The highest BCUT2D eigenvalue weighted by Gasteiger charge is 2.46. The van der Waals surface area contributed by atoms with Crippen LogP contribution in [0.25, 0.3) is 0 Å². The largest absolute Gasteiger partial charge is 0.600 e. The lowest BCUT2D eigenvalue weighted by Crippen LogP contribution is -3.04. The number of quaternary nitrogens is 1. The van der Waals surface area contributed by atoms with Gasteiger partial charge in [0.25, 0.3) is 0 Å². The second-order valence-electron chi connectivity index (χ2n) is 6.54. The molecule has 28 heavy (non-hydrogen) atoms. The third-order valence-corrected chi connectivity index (χ3v) is 4.26. The molecule has 2 aliphatic heterocycles. The van der Waals surface area contributed by atoms with Gasteiger partial charge in [-0.15, -0.1) is 0 Å². The number of hydroxylamine groups is 2. The van der Waals surface area contributed by atoms with E-state index in [1.54, 1.807) is 0 Å². The van der Waals surface area contributed by atoms with Crippen LogP contribution in [0.1, 0.15) is 19.3 Å². The van der Waals surface area contributed by atoms with Crippen molar-refractivity contribution in [1.29, 1.82) is 0 Å². The summed E-state index contributed by atoms with van der Waals surface area (Å²) in [5, 5.41) is 47.5. The summed E-state index contributed by atoms with van der Waals surface area (Å²) < 4.78 is 19.7. The van der Waals surface area contributed by atoms with Crippen LogP contribution in [0.5, 0.6) is 0 Å². The van der Waals surface area contributed by atoms with Crippen LogP contribution < -0.4 is 5.23 Å². The number of hydrogen-bond donors (Lipinski definition) is 5. The van der Waals surface area contributed by atoms with Crippen LogP contribution in [0.2, 0.25) is 0 Å². The molecule has 0 amide bonds. The molecule has 7 unspecified atom stereocenters. The summed E-state index contributed by atoms with van der Waals surface area (Å²) in [5.74, 6) is -2.48. The van der Waals surface area contributed by atoms with Crippen molar-refractivity contribution in [3.05, 3.63) is 5.21 Å². The van der Waals surface area contributed by atoms with Gasteiger partial charge in [0.15, 0.2) is 0 Å². The van der Waals surface area contributed by atoms with Crippen LogP contribution in [-0.4, -0.2) is 88.9 Å². The summed E-state index contributed by atoms with van der Waals surface area (Å²) in [6, 6.07) is 0. The zero-order valence-electron chi connectivity index (χ0n) is 14.8. The number of esters is 3. The minimum atomic E-state index is -1.75. The standard InChI is InChI=1S/C15H23NO12/c17-9(1-2-16(23)24)26-6-8-12(20)13(21)14(22)15(27-8)28-11(19)4-7-3-10(18)25-5-7/h7-8,12-16,20-23H,1-6H2. The van der Waals surface area contributed by atoms with Crippen LogP contribution in [0.4, 0.5) is 0 Å². The highest BCUT2D eigenvalue weighted by molar-refractivity contribution is 5.75. The Morgan fingerprint density at radius 2 is 1.89 bits per heavy atom. The van der Waals surface area contributed by atoms with Gasteiger partial charge in [-0.2, -0.15) is 0 Å². The molecular formula is C15H23NO12. The summed E-state index contributed by atoms with van der Waals surface area (Å²) in [6.45, 7) is -0.928. The zero-order chi connectivity index (χ0) is 20.8. The normalized spacial score (nSPS) is 33.8. The van der Waals surface area contributed by atoms with E-state index >= 15 is 0 Å². The summed E-state index contributed by atoms with van der Waals surface area (Å²) in [6.07, 6.45) is -8.61. The van der Waals surface area contributed by atoms with Gasteiger partial charge >= 0.3 is 17.9 Å². The predicted molar refractivity (Wildman–Crippen MR) is 83.0 cm³/mol. The zero-order valence-corrected chi connectivity index (χ0v) is 14.8. The van der Waals surface area contributed by atoms with Crippen molar-refractivity contribution in [1.82, 2.24) is 0 Å². The van der Waals surface area contributed by atoms with E-state index in [1.807, 2.05) is 0 Å². The average molecular weight is 409 g/mol. The Bertz CT molecular complexity index is 569. The molecule has 0 aromatic carbocycles. The molecule has 0 saturated carbocycles. The number of carbonyl (C=O) groups is 3. The van der Waals surface area contributed by atoms with E-state index in [1.165, 1.54) is 0 Å². The molecule has 160 valence electrons. The number of aliphatic hydroxyl groups excluding tert-OH is 3. The minimum Gasteiger partial charge on any atom is -0.600 e. The number of carbonyl (C=O) groups excluding carboxylic acids is 3.